The van der Waals surface area contributed by atoms with Gasteiger partial charge in [0.1, 0.15) is 17.8 Å². The molecule has 21 heavy (non-hydrogen) atoms. The number of anilines is 1. The molecule has 1 atom stereocenters. The smallest absolute Gasteiger partial charge is 0.272 e. The van der Waals surface area contributed by atoms with E-state index in [0.29, 0.717) is 11.6 Å². The fourth-order valence-corrected chi connectivity index (χ4v) is 3.29. The Balaban J connectivity index is 1.74. The van der Waals surface area contributed by atoms with Gasteiger partial charge in [-0.05, 0) is 38.0 Å². The normalized spacial score (nSPS) is 23.2. The van der Waals surface area contributed by atoms with Crippen LogP contribution in [0.5, 0.6) is 0 Å². The lowest BCUT2D eigenvalue weighted by Gasteiger charge is -2.32. The summed E-state index contributed by atoms with van der Waals surface area (Å²) >= 11 is 0. The molecular weight excluding hydrogens is 264 g/mol. The van der Waals surface area contributed by atoms with E-state index >= 15 is 0 Å². The van der Waals surface area contributed by atoms with Gasteiger partial charge in [0.15, 0.2) is 0 Å². The summed E-state index contributed by atoms with van der Waals surface area (Å²) in [4.78, 5) is 25.3. The van der Waals surface area contributed by atoms with Gasteiger partial charge in [-0.2, -0.15) is 0 Å². The monoisotopic (exact) mass is 288 g/mol. The fraction of sp³-hybridized carbons (Fsp3) is 0.688. The Morgan fingerprint density at radius 1 is 1.14 bits per heavy atom. The number of carbonyl (C=O) groups is 1. The third-order valence-electron chi connectivity index (χ3n) is 4.50. The summed E-state index contributed by atoms with van der Waals surface area (Å²) in [5.74, 6) is 1.65. The summed E-state index contributed by atoms with van der Waals surface area (Å²) in [5, 5.41) is 0. The molecule has 0 bridgehead atoms. The minimum absolute atomic E-state index is 0.0587. The molecule has 2 fully saturated rings. The van der Waals surface area contributed by atoms with Crippen LogP contribution in [0.2, 0.25) is 0 Å². The van der Waals surface area contributed by atoms with E-state index in [1.807, 2.05) is 11.0 Å². The van der Waals surface area contributed by atoms with Crippen LogP contribution in [0.25, 0.3) is 0 Å². The Labute approximate surface area is 126 Å². The standard InChI is InChI=1S/C16H24N4O/c1-13-6-5-9-20(11-13)15-10-14(17-12-18-15)16(21)19-7-3-2-4-8-19/h10,12-13H,2-9,11H2,1H3. The van der Waals surface area contributed by atoms with Gasteiger partial charge in [-0.15, -0.1) is 0 Å². The Kier molecular flexibility index (Phi) is 4.36. The molecule has 3 rings (SSSR count). The molecular formula is C16H24N4O. The van der Waals surface area contributed by atoms with Crippen LogP contribution in [0.15, 0.2) is 12.4 Å². The summed E-state index contributed by atoms with van der Waals surface area (Å²) in [7, 11) is 0. The molecule has 0 radical (unpaired) electrons. The quantitative estimate of drug-likeness (QED) is 0.838. The van der Waals surface area contributed by atoms with Gasteiger partial charge in [-0.1, -0.05) is 6.92 Å². The largest absolute Gasteiger partial charge is 0.356 e. The average molecular weight is 288 g/mol. The van der Waals surface area contributed by atoms with E-state index < -0.39 is 0 Å². The van der Waals surface area contributed by atoms with Crippen LogP contribution in [0.4, 0.5) is 5.82 Å². The van der Waals surface area contributed by atoms with Crippen molar-refractivity contribution in [3.8, 4) is 0 Å². The number of aromatic nitrogens is 2. The molecule has 0 N–H and O–H groups in total. The Morgan fingerprint density at radius 2 is 1.95 bits per heavy atom. The van der Waals surface area contributed by atoms with Gasteiger partial charge in [-0.3, -0.25) is 4.79 Å². The highest BCUT2D eigenvalue weighted by molar-refractivity contribution is 5.93. The molecule has 2 aliphatic rings. The van der Waals surface area contributed by atoms with E-state index in [-0.39, 0.29) is 5.91 Å². The van der Waals surface area contributed by atoms with Crippen LogP contribution >= 0.6 is 0 Å². The number of likely N-dealkylation sites (tertiary alicyclic amines) is 1. The van der Waals surface area contributed by atoms with Crippen molar-refractivity contribution in [3.63, 3.8) is 0 Å². The molecule has 2 saturated heterocycles. The van der Waals surface area contributed by atoms with Crippen molar-refractivity contribution in [1.82, 2.24) is 14.9 Å². The zero-order valence-electron chi connectivity index (χ0n) is 12.8. The molecule has 114 valence electrons. The second-order valence-electron chi connectivity index (χ2n) is 6.31. The van der Waals surface area contributed by atoms with Gasteiger partial charge in [0.25, 0.3) is 5.91 Å². The number of hydrogen-bond acceptors (Lipinski definition) is 4. The molecule has 3 heterocycles. The first-order valence-corrected chi connectivity index (χ1v) is 8.10. The van der Waals surface area contributed by atoms with E-state index in [1.54, 1.807) is 0 Å². The molecule has 2 aliphatic heterocycles. The van der Waals surface area contributed by atoms with Crippen LogP contribution in [0.1, 0.15) is 49.5 Å². The maximum atomic E-state index is 12.5. The van der Waals surface area contributed by atoms with Crippen molar-refractivity contribution in [3.05, 3.63) is 18.1 Å². The second-order valence-corrected chi connectivity index (χ2v) is 6.31. The van der Waals surface area contributed by atoms with Gasteiger partial charge in [0.05, 0.1) is 0 Å². The minimum atomic E-state index is 0.0587. The molecule has 1 amide bonds. The summed E-state index contributed by atoms with van der Waals surface area (Å²) in [6.07, 6.45) is 7.44. The van der Waals surface area contributed by atoms with E-state index in [9.17, 15) is 4.79 Å². The van der Waals surface area contributed by atoms with E-state index in [4.69, 9.17) is 0 Å². The van der Waals surface area contributed by atoms with Crippen molar-refractivity contribution in [1.29, 1.82) is 0 Å². The fourth-order valence-electron chi connectivity index (χ4n) is 3.29. The van der Waals surface area contributed by atoms with Gasteiger partial charge < -0.3 is 9.80 Å². The lowest BCUT2D eigenvalue weighted by molar-refractivity contribution is 0.0718. The first-order valence-electron chi connectivity index (χ1n) is 8.10. The average Bonchev–Trinajstić information content (AvgIpc) is 2.55. The molecule has 1 unspecified atom stereocenters. The SMILES string of the molecule is CC1CCCN(c2cc(C(=O)N3CCCCC3)ncn2)C1. The van der Waals surface area contributed by atoms with Crippen molar-refractivity contribution < 1.29 is 4.79 Å². The van der Waals surface area contributed by atoms with Gasteiger partial charge in [0, 0.05) is 32.2 Å². The van der Waals surface area contributed by atoms with Gasteiger partial charge in [-0.25, -0.2) is 9.97 Å². The number of amides is 1. The highest BCUT2D eigenvalue weighted by atomic mass is 16.2. The topological polar surface area (TPSA) is 49.3 Å². The van der Waals surface area contributed by atoms with Crippen molar-refractivity contribution >= 4 is 11.7 Å². The van der Waals surface area contributed by atoms with E-state index in [0.717, 1.165) is 44.8 Å². The number of carbonyl (C=O) groups excluding carboxylic acids is 1. The van der Waals surface area contributed by atoms with E-state index in [1.165, 1.54) is 25.6 Å². The lowest BCUT2D eigenvalue weighted by atomic mass is 10.0. The molecule has 1 aromatic rings. The molecule has 0 saturated carbocycles. The number of nitrogens with zero attached hydrogens (tertiary/aromatic N) is 4. The number of hydrogen-bond donors (Lipinski definition) is 0. The molecule has 0 spiro atoms. The zero-order valence-corrected chi connectivity index (χ0v) is 12.8. The third-order valence-corrected chi connectivity index (χ3v) is 4.50. The predicted molar refractivity (Wildman–Crippen MR) is 82.4 cm³/mol. The maximum Gasteiger partial charge on any atom is 0.272 e. The highest BCUT2D eigenvalue weighted by Crippen LogP contribution is 2.22. The molecule has 0 aromatic carbocycles. The zero-order chi connectivity index (χ0) is 14.7. The second kappa shape index (κ2) is 6.41. The molecule has 0 aliphatic carbocycles. The van der Waals surface area contributed by atoms with Crippen molar-refractivity contribution in [2.24, 2.45) is 5.92 Å². The van der Waals surface area contributed by atoms with Crippen LogP contribution < -0.4 is 4.90 Å². The first-order chi connectivity index (χ1) is 10.2. The van der Waals surface area contributed by atoms with Crippen molar-refractivity contribution in [2.45, 2.75) is 39.0 Å². The van der Waals surface area contributed by atoms with Crippen LogP contribution in [0, 0.1) is 5.92 Å². The summed E-state index contributed by atoms with van der Waals surface area (Å²) in [5.41, 5.74) is 0.542. The molecule has 5 nitrogen and oxygen atoms in total. The maximum absolute atomic E-state index is 12.5. The summed E-state index contributed by atoms with van der Waals surface area (Å²) in [6, 6.07) is 1.87. The minimum Gasteiger partial charge on any atom is -0.356 e. The predicted octanol–water partition coefficient (Wildman–Crippen LogP) is 2.34. The van der Waals surface area contributed by atoms with Crippen molar-refractivity contribution in [2.75, 3.05) is 31.1 Å². The Bertz CT molecular complexity index is 499. The highest BCUT2D eigenvalue weighted by Gasteiger charge is 2.22. The molecule has 5 heteroatoms. The van der Waals surface area contributed by atoms with Gasteiger partial charge in [0.2, 0.25) is 0 Å². The lowest BCUT2D eigenvalue weighted by Crippen LogP contribution is -2.37. The van der Waals surface area contributed by atoms with Crippen LogP contribution in [0.3, 0.4) is 0 Å². The van der Waals surface area contributed by atoms with Crippen LogP contribution in [-0.2, 0) is 0 Å². The third kappa shape index (κ3) is 3.34. The van der Waals surface area contributed by atoms with E-state index in [2.05, 4.69) is 21.8 Å². The number of piperidine rings is 2. The summed E-state index contributed by atoms with van der Waals surface area (Å²) in [6.45, 7) is 6.04. The van der Waals surface area contributed by atoms with Gasteiger partial charge >= 0.3 is 0 Å². The summed E-state index contributed by atoms with van der Waals surface area (Å²) < 4.78 is 0. The Hall–Kier alpha value is -1.65. The Morgan fingerprint density at radius 3 is 2.71 bits per heavy atom. The first kappa shape index (κ1) is 14.3. The molecule has 1 aromatic heterocycles. The number of rotatable bonds is 2. The van der Waals surface area contributed by atoms with Crippen LogP contribution in [-0.4, -0.2) is 47.0 Å².